The van der Waals surface area contributed by atoms with Gasteiger partial charge in [-0.1, -0.05) is 12.1 Å². The SMILES string of the molecule is CC(O)CCN(C)C(=O)CCc1ncc(-c2ccccc2F)o1. The molecule has 1 unspecified atom stereocenters. The van der Waals surface area contributed by atoms with Gasteiger partial charge < -0.3 is 14.4 Å². The minimum atomic E-state index is -0.430. The van der Waals surface area contributed by atoms with E-state index < -0.39 is 6.10 Å². The smallest absolute Gasteiger partial charge is 0.222 e. The third kappa shape index (κ3) is 4.89. The van der Waals surface area contributed by atoms with Crippen molar-refractivity contribution in [3.63, 3.8) is 0 Å². The highest BCUT2D eigenvalue weighted by Gasteiger charge is 2.14. The molecule has 0 saturated carbocycles. The molecule has 0 aliphatic heterocycles. The zero-order valence-electron chi connectivity index (χ0n) is 13.3. The van der Waals surface area contributed by atoms with Crippen LogP contribution in [0.2, 0.25) is 0 Å². The van der Waals surface area contributed by atoms with E-state index in [1.165, 1.54) is 12.3 Å². The van der Waals surface area contributed by atoms with Gasteiger partial charge in [-0.15, -0.1) is 0 Å². The molecule has 1 atom stereocenters. The predicted molar refractivity (Wildman–Crippen MR) is 84.2 cm³/mol. The minimum absolute atomic E-state index is 0.0451. The fourth-order valence-electron chi connectivity index (χ4n) is 2.12. The first-order valence-electron chi connectivity index (χ1n) is 7.59. The summed E-state index contributed by atoms with van der Waals surface area (Å²) in [5.74, 6) is 0.342. The Labute approximate surface area is 134 Å². The third-order valence-electron chi connectivity index (χ3n) is 3.55. The van der Waals surface area contributed by atoms with Crippen LogP contribution in [0.4, 0.5) is 4.39 Å². The maximum absolute atomic E-state index is 13.7. The number of nitrogens with zero attached hydrogens (tertiary/aromatic N) is 2. The summed E-state index contributed by atoms with van der Waals surface area (Å²) in [6, 6.07) is 6.31. The predicted octanol–water partition coefficient (Wildman–Crippen LogP) is 2.64. The van der Waals surface area contributed by atoms with Gasteiger partial charge in [-0.3, -0.25) is 4.79 Å². The molecule has 0 bridgehead atoms. The number of aliphatic hydroxyl groups is 1. The quantitative estimate of drug-likeness (QED) is 0.851. The number of amides is 1. The molecule has 1 amide bonds. The van der Waals surface area contributed by atoms with Crippen molar-refractivity contribution in [3.05, 3.63) is 42.2 Å². The molecule has 6 heteroatoms. The minimum Gasteiger partial charge on any atom is -0.441 e. The van der Waals surface area contributed by atoms with E-state index in [4.69, 9.17) is 4.42 Å². The van der Waals surface area contributed by atoms with Crippen LogP contribution in [0.25, 0.3) is 11.3 Å². The summed E-state index contributed by atoms with van der Waals surface area (Å²) < 4.78 is 19.2. The van der Waals surface area contributed by atoms with Gasteiger partial charge in [0.25, 0.3) is 0 Å². The Morgan fingerprint density at radius 1 is 1.43 bits per heavy atom. The number of carbonyl (C=O) groups is 1. The molecule has 5 nitrogen and oxygen atoms in total. The first kappa shape index (κ1) is 17.1. The van der Waals surface area contributed by atoms with Gasteiger partial charge in [0.1, 0.15) is 5.82 Å². The summed E-state index contributed by atoms with van der Waals surface area (Å²) in [4.78, 5) is 17.6. The molecule has 2 aromatic rings. The molecule has 124 valence electrons. The fourth-order valence-corrected chi connectivity index (χ4v) is 2.12. The van der Waals surface area contributed by atoms with Crippen LogP contribution in [0.15, 0.2) is 34.9 Å². The summed E-state index contributed by atoms with van der Waals surface area (Å²) in [6.07, 6.45) is 2.19. The number of rotatable bonds is 7. The first-order valence-corrected chi connectivity index (χ1v) is 7.59. The van der Waals surface area contributed by atoms with Gasteiger partial charge in [0.15, 0.2) is 11.7 Å². The number of aryl methyl sites for hydroxylation is 1. The topological polar surface area (TPSA) is 66.6 Å². The molecule has 2 rings (SSSR count). The number of benzene rings is 1. The largest absolute Gasteiger partial charge is 0.441 e. The molecule has 23 heavy (non-hydrogen) atoms. The Kier molecular flexibility index (Phi) is 5.87. The maximum atomic E-state index is 13.7. The van der Waals surface area contributed by atoms with Crippen LogP contribution in [0, 0.1) is 5.82 Å². The summed E-state index contributed by atoms with van der Waals surface area (Å²) in [7, 11) is 1.70. The van der Waals surface area contributed by atoms with Crippen molar-refractivity contribution in [3.8, 4) is 11.3 Å². The summed E-state index contributed by atoms with van der Waals surface area (Å²) in [6.45, 7) is 2.19. The van der Waals surface area contributed by atoms with Crippen molar-refractivity contribution < 1.29 is 18.7 Å². The summed E-state index contributed by atoms with van der Waals surface area (Å²) >= 11 is 0. The second-order valence-corrected chi connectivity index (χ2v) is 5.55. The molecule has 1 N–H and O–H groups in total. The monoisotopic (exact) mass is 320 g/mol. The average molecular weight is 320 g/mol. The number of aliphatic hydroxyl groups excluding tert-OH is 1. The Morgan fingerprint density at radius 3 is 2.87 bits per heavy atom. The summed E-state index contributed by atoms with van der Waals surface area (Å²) in [5, 5.41) is 9.23. The van der Waals surface area contributed by atoms with E-state index in [1.807, 2.05) is 0 Å². The second-order valence-electron chi connectivity index (χ2n) is 5.55. The first-order chi connectivity index (χ1) is 11.0. The van der Waals surface area contributed by atoms with Crippen molar-refractivity contribution in [2.75, 3.05) is 13.6 Å². The molecular formula is C17H21FN2O3. The standard InChI is InChI=1S/C17H21FN2O3/c1-12(21)9-10-20(2)17(22)8-7-16-19-11-15(23-16)13-5-3-4-6-14(13)18/h3-6,11-12,21H,7-10H2,1-2H3. The van der Waals surface area contributed by atoms with Gasteiger partial charge in [0, 0.05) is 26.4 Å². The highest BCUT2D eigenvalue weighted by Crippen LogP contribution is 2.23. The number of hydrogen-bond acceptors (Lipinski definition) is 4. The van der Waals surface area contributed by atoms with Gasteiger partial charge in [-0.25, -0.2) is 9.37 Å². The van der Waals surface area contributed by atoms with Crippen molar-refractivity contribution in [2.24, 2.45) is 0 Å². The molecular weight excluding hydrogens is 299 g/mol. The van der Waals surface area contributed by atoms with Crippen LogP contribution < -0.4 is 0 Å². The maximum Gasteiger partial charge on any atom is 0.222 e. The van der Waals surface area contributed by atoms with Gasteiger partial charge in [-0.2, -0.15) is 0 Å². The van der Waals surface area contributed by atoms with Crippen molar-refractivity contribution in [2.45, 2.75) is 32.3 Å². The summed E-state index contributed by atoms with van der Waals surface area (Å²) in [5.41, 5.74) is 0.353. The lowest BCUT2D eigenvalue weighted by molar-refractivity contribution is -0.130. The zero-order valence-corrected chi connectivity index (χ0v) is 13.3. The fraction of sp³-hybridized carbons (Fsp3) is 0.412. The van der Waals surface area contributed by atoms with E-state index in [2.05, 4.69) is 4.98 Å². The van der Waals surface area contributed by atoms with Crippen LogP contribution in [0.1, 0.15) is 25.7 Å². The number of halogens is 1. The van der Waals surface area contributed by atoms with E-state index >= 15 is 0 Å². The van der Waals surface area contributed by atoms with Crippen molar-refractivity contribution in [1.29, 1.82) is 0 Å². The second kappa shape index (κ2) is 7.87. The highest BCUT2D eigenvalue weighted by molar-refractivity contribution is 5.76. The van der Waals surface area contributed by atoms with Crippen molar-refractivity contribution >= 4 is 5.91 Å². The van der Waals surface area contributed by atoms with Crippen LogP contribution in [-0.4, -0.2) is 40.6 Å². The van der Waals surface area contributed by atoms with Crippen LogP contribution in [-0.2, 0) is 11.2 Å². The lowest BCUT2D eigenvalue weighted by Gasteiger charge is -2.17. The van der Waals surface area contributed by atoms with E-state index in [0.717, 1.165) is 0 Å². The molecule has 1 aromatic carbocycles. The number of hydrogen-bond donors (Lipinski definition) is 1. The zero-order chi connectivity index (χ0) is 16.8. The molecule has 0 radical (unpaired) electrons. The Morgan fingerprint density at radius 2 is 2.17 bits per heavy atom. The lowest BCUT2D eigenvalue weighted by Crippen LogP contribution is -2.29. The van der Waals surface area contributed by atoms with Gasteiger partial charge in [0.05, 0.1) is 17.9 Å². The number of carbonyl (C=O) groups excluding carboxylic acids is 1. The molecule has 0 fully saturated rings. The van der Waals surface area contributed by atoms with Crippen LogP contribution in [0.5, 0.6) is 0 Å². The molecule has 1 aromatic heterocycles. The molecule has 1 heterocycles. The molecule has 0 spiro atoms. The van der Waals surface area contributed by atoms with E-state index in [-0.39, 0.29) is 18.1 Å². The number of oxazole rings is 1. The average Bonchev–Trinajstić information content (AvgIpc) is 2.99. The van der Waals surface area contributed by atoms with Crippen LogP contribution >= 0.6 is 0 Å². The molecule has 0 aliphatic carbocycles. The van der Waals surface area contributed by atoms with Crippen LogP contribution in [0.3, 0.4) is 0 Å². The Balaban J connectivity index is 1.90. The normalized spacial score (nSPS) is 12.2. The van der Waals surface area contributed by atoms with Gasteiger partial charge in [-0.05, 0) is 25.5 Å². The molecule has 0 saturated heterocycles. The highest BCUT2D eigenvalue weighted by atomic mass is 19.1. The van der Waals surface area contributed by atoms with E-state index in [1.54, 1.807) is 37.1 Å². The Bertz CT molecular complexity index is 655. The Hall–Kier alpha value is -2.21. The molecule has 0 aliphatic rings. The van der Waals surface area contributed by atoms with Crippen molar-refractivity contribution in [1.82, 2.24) is 9.88 Å². The third-order valence-corrected chi connectivity index (χ3v) is 3.55. The van der Waals surface area contributed by atoms with Gasteiger partial charge >= 0.3 is 0 Å². The van der Waals surface area contributed by atoms with E-state index in [0.29, 0.717) is 36.6 Å². The number of aromatic nitrogens is 1. The lowest BCUT2D eigenvalue weighted by atomic mass is 10.2. The van der Waals surface area contributed by atoms with E-state index in [9.17, 15) is 14.3 Å². The van der Waals surface area contributed by atoms with Gasteiger partial charge in [0.2, 0.25) is 5.91 Å².